The first-order valence-corrected chi connectivity index (χ1v) is 4.37. The topological polar surface area (TPSA) is 12.9 Å². The first kappa shape index (κ1) is 8.88. The molecule has 1 nitrogen and oxygen atoms in total. The quantitative estimate of drug-likeness (QED) is 0.624. The maximum atomic E-state index is 12.7. The van der Waals surface area contributed by atoms with E-state index >= 15 is 0 Å². The SMILES string of the molecule is Cc1nc(F)ccc1-c1[c]cccc1. The third kappa shape index (κ3) is 1.64. The van der Waals surface area contributed by atoms with Gasteiger partial charge < -0.3 is 0 Å². The average Bonchev–Trinajstić information content (AvgIpc) is 2.19. The van der Waals surface area contributed by atoms with Gasteiger partial charge in [-0.1, -0.05) is 24.3 Å². The lowest BCUT2D eigenvalue weighted by Gasteiger charge is -2.03. The average molecular weight is 186 g/mol. The monoisotopic (exact) mass is 186 g/mol. The summed E-state index contributed by atoms with van der Waals surface area (Å²) in [5.74, 6) is -0.442. The van der Waals surface area contributed by atoms with Gasteiger partial charge in [-0.15, -0.1) is 0 Å². The van der Waals surface area contributed by atoms with Crippen LogP contribution in [0.1, 0.15) is 5.69 Å². The van der Waals surface area contributed by atoms with Crippen molar-refractivity contribution in [2.45, 2.75) is 6.92 Å². The molecule has 0 aliphatic rings. The van der Waals surface area contributed by atoms with Crippen LogP contribution in [0.4, 0.5) is 4.39 Å². The fraction of sp³-hybridized carbons (Fsp3) is 0.0833. The highest BCUT2D eigenvalue weighted by atomic mass is 19.1. The second kappa shape index (κ2) is 3.58. The lowest BCUT2D eigenvalue weighted by atomic mass is 10.1. The van der Waals surface area contributed by atoms with Gasteiger partial charge in [0, 0.05) is 11.3 Å². The third-order valence-electron chi connectivity index (χ3n) is 2.05. The van der Waals surface area contributed by atoms with Gasteiger partial charge in [-0.3, -0.25) is 0 Å². The van der Waals surface area contributed by atoms with Crippen LogP contribution >= 0.6 is 0 Å². The second-order valence-corrected chi connectivity index (χ2v) is 3.04. The van der Waals surface area contributed by atoms with Crippen molar-refractivity contribution in [1.82, 2.24) is 4.98 Å². The van der Waals surface area contributed by atoms with Crippen LogP contribution < -0.4 is 0 Å². The Morgan fingerprint density at radius 2 is 2.07 bits per heavy atom. The summed E-state index contributed by atoms with van der Waals surface area (Å²) >= 11 is 0. The van der Waals surface area contributed by atoms with Gasteiger partial charge in [0.05, 0.1) is 0 Å². The molecule has 0 fully saturated rings. The number of halogens is 1. The Balaban J connectivity index is 2.53. The maximum absolute atomic E-state index is 12.7. The number of pyridine rings is 1. The standard InChI is InChI=1S/C12H9FN/c1-9-11(7-8-12(13)14-9)10-5-3-2-4-6-10/h2-5,7-8H,1H3. The van der Waals surface area contributed by atoms with E-state index in [1.807, 2.05) is 24.3 Å². The minimum atomic E-state index is -0.442. The maximum Gasteiger partial charge on any atom is 0.213 e. The molecular weight excluding hydrogens is 177 g/mol. The molecule has 0 saturated carbocycles. The summed E-state index contributed by atoms with van der Waals surface area (Å²) in [5.41, 5.74) is 2.55. The van der Waals surface area contributed by atoms with E-state index in [0.29, 0.717) is 5.69 Å². The number of hydrogen-bond acceptors (Lipinski definition) is 1. The summed E-state index contributed by atoms with van der Waals surface area (Å²) < 4.78 is 12.7. The van der Waals surface area contributed by atoms with E-state index in [1.165, 1.54) is 6.07 Å². The van der Waals surface area contributed by atoms with Crippen molar-refractivity contribution >= 4 is 0 Å². The Morgan fingerprint density at radius 3 is 2.71 bits per heavy atom. The van der Waals surface area contributed by atoms with Crippen molar-refractivity contribution in [3.8, 4) is 11.1 Å². The molecule has 0 unspecified atom stereocenters. The van der Waals surface area contributed by atoms with Crippen molar-refractivity contribution in [1.29, 1.82) is 0 Å². The van der Waals surface area contributed by atoms with Crippen LogP contribution in [0.3, 0.4) is 0 Å². The molecule has 2 rings (SSSR count). The zero-order valence-electron chi connectivity index (χ0n) is 7.79. The van der Waals surface area contributed by atoms with E-state index in [-0.39, 0.29) is 0 Å². The molecule has 69 valence electrons. The van der Waals surface area contributed by atoms with Gasteiger partial charge in [-0.2, -0.15) is 4.39 Å². The molecule has 0 aliphatic heterocycles. The van der Waals surface area contributed by atoms with Gasteiger partial charge in [0.2, 0.25) is 5.95 Å². The lowest BCUT2D eigenvalue weighted by molar-refractivity contribution is 0.580. The van der Waals surface area contributed by atoms with E-state index in [0.717, 1.165) is 11.1 Å². The molecule has 1 aromatic heterocycles. The molecule has 0 bridgehead atoms. The van der Waals surface area contributed by atoms with Crippen molar-refractivity contribution in [3.63, 3.8) is 0 Å². The number of hydrogen-bond donors (Lipinski definition) is 0. The van der Waals surface area contributed by atoms with Crippen LogP contribution in [-0.2, 0) is 0 Å². The van der Waals surface area contributed by atoms with Crippen LogP contribution in [0.15, 0.2) is 36.4 Å². The molecule has 0 amide bonds. The summed E-state index contributed by atoms with van der Waals surface area (Å²) in [6, 6.07) is 13.8. The minimum Gasteiger partial charge on any atom is -0.224 e. The molecule has 2 aromatic rings. The van der Waals surface area contributed by atoms with Gasteiger partial charge in [-0.25, -0.2) is 4.98 Å². The van der Waals surface area contributed by atoms with Crippen molar-refractivity contribution in [2.75, 3.05) is 0 Å². The Hall–Kier alpha value is -1.70. The molecule has 0 N–H and O–H groups in total. The highest BCUT2D eigenvalue weighted by Crippen LogP contribution is 2.20. The summed E-state index contributed by atoms with van der Waals surface area (Å²) in [7, 11) is 0. The largest absolute Gasteiger partial charge is 0.224 e. The van der Waals surface area contributed by atoms with Gasteiger partial charge in [0.1, 0.15) is 0 Å². The van der Waals surface area contributed by atoms with Crippen molar-refractivity contribution in [3.05, 3.63) is 54.1 Å². The Morgan fingerprint density at radius 1 is 1.21 bits per heavy atom. The van der Waals surface area contributed by atoms with Crippen LogP contribution in [0.5, 0.6) is 0 Å². The van der Waals surface area contributed by atoms with Crippen LogP contribution in [0.2, 0.25) is 0 Å². The predicted molar refractivity (Wildman–Crippen MR) is 53.2 cm³/mol. The number of nitrogens with zero attached hydrogens (tertiary/aromatic N) is 1. The summed E-state index contributed by atoms with van der Waals surface area (Å²) in [5, 5.41) is 0. The number of aryl methyl sites for hydroxylation is 1. The summed E-state index contributed by atoms with van der Waals surface area (Å²) in [6.45, 7) is 1.79. The molecular formula is C12H9FN. The number of aromatic nitrogens is 1. The van der Waals surface area contributed by atoms with Crippen molar-refractivity contribution in [2.24, 2.45) is 0 Å². The Bertz CT molecular complexity index is 437. The van der Waals surface area contributed by atoms with Crippen LogP contribution in [0.25, 0.3) is 11.1 Å². The third-order valence-corrected chi connectivity index (χ3v) is 2.05. The molecule has 1 radical (unpaired) electrons. The lowest BCUT2D eigenvalue weighted by Crippen LogP contribution is -1.90. The van der Waals surface area contributed by atoms with E-state index in [1.54, 1.807) is 13.0 Å². The van der Waals surface area contributed by atoms with E-state index in [4.69, 9.17) is 0 Å². The predicted octanol–water partition coefficient (Wildman–Crippen LogP) is 3.00. The number of benzene rings is 1. The second-order valence-electron chi connectivity index (χ2n) is 3.04. The zero-order valence-corrected chi connectivity index (χ0v) is 7.79. The molecule has 1 heterocycles. The molecule has 0 spiro atoms. The van der Waals surface area contributed by atoms with E-state index < -0.39 is 5.95 Å². The Labute approximate surface area is 82.2 Å². The van der Waals surface area contributed by atoms with Crippen molar-refractivity contribution < 1.29 is 4.39 Å². The molecule has 0 atom stereocenters. The summed E-state index contributed by atoms with van der Waals surface area (Å²) in [4.78, 5) is 3.76. The van der Waals surface area contributed by atoms with Crippen LogP contribution in [-0.4, -0.2) is 4.98 Å². The zero-order chi connectivity index (χ0) is 9.97. The van der Waals surface area contributed by atoms with Gasteiger partial charge in [0.15, 0.2) is 0 Å². The van der Waals surface area contributed by atoms with Gasteiger partial charge in [-0.05, 0) is 30.7 Å². The number of rotatable bonds is 1. The van der Waals surface area contributed by atoms with E-state index in [2.05, 4.69) is 11.1 Å². The highest BCUT2D eigenvalue weighted by molar-refractivity contribution is 5.64. The molecule has 0 saturated heterocycles. The minimum absolute atomic E-state index is 0.442. The smallest absolute Gasteiger partial charge is 0.213 e. The summed E-state index contributed by atoms with van der Waals surface area (Å²) in [6.07, 6.45) is 0. The van der Waals surface area contributed by atoms with Gasteiger partial charge >= 0.3 is 0 Å². The molecule has 14 heavy (non-hydrogen) atoms. The first-order valence-electron chi connectivity index (χ1n) is 4.37. The van der Waals surface area contributed by atoms with E-state index in [9.17, 15) is 4.39 Å². The molecule has 2 heteroatoms. The highest BCUT2D eigenvalue weighted by Gasteiger charge is 2.03. The first-order chi connectivity index (χ1) is 6.77. The van der Waals surface area contributed by atoms with Crippen LogP contribution in [0, 0.1) is 18.9 Å². The normalized spacial score (nSPS) is 10.1. The fourth-order valence-corrected chi connectivity index (χ4v) is 1.38. The fourth-order valence-electron chi connectivity index (χ4n) is 1.38. The van der Waals surface area contributed by atoms with Gasteiger partial charge in [0.25, 0.3) is 0 Å². The molecule has 0 aliphatic carbocycles. The Kier molecular flexibility index (Phi) is 2.27. The molecule has 1 aromatic carbocycles.